The van der Waals surface area contributed by atoms with Crippen molar-refractivity contribution < 1.29 is 9.47 Å². The average Bonchev–Trinajstić information content (AvgIpc) is 2.71. The zero-order valence-electron chi connectivity index (χ0n) is 6.21. The third-order valence-corrected chi connectivity index (χ3v) is 1.56. The van der Waals surface area contributed by atoms with E-state index in [0.29, 0.717) is 6.10 Å². The Bertz CT molecular complexity index is 97.4. The second-order valence-electron chi connectivity index (χ2n) is 2.49. The van der Waals surface area contributed by atoms with Crippen molar-refractivity contribution in [1.82, 2.24) is 0 Å². The van der Waals surface area contributed by atoms with Gasteiger partial charge in [-0.05, 0) is 19.3 Å². The molecule has 0 aliphatic carbocycles. The predicted molar refractivity (Wildman–Crippen MR) is 39.7 cm³/mol. The zero-order valence-corrected chi connectivity index (χ0v) is 6.21. The van der Waals surface area contributed by atoms with Crippen molar-refractivity contribution in [2.24, 2.45) is 0 Å². The Hall–Kier alpha value is -0.500. The standard InChI is InChI=1S/C8H14O2/c1-2-9-6-4-3-5-8-7-10-8/h2,8H,1,3-7H2. The first-order valence-corrected chi connectivity index (χ1v) is 3.77. The fourth-order valence-electron chi connectivity index (χ4n) is 0.875. The minimum atomic E-state index is 0.573. The van der Waals surface area contributed by atoms with Crippen LogP contribution in [-0.2, 0) is 9.47 Å². The molecule has 0 bridgehead atoms. The van der Waals surface area contributed by atoms with Gasteiger partial charge in [0.2, 0.25) is 0 Å². The minimum absolute atomic E-state index is 0.573. The van der Waals surface area contributed by atoms with Gasteiger partial charge in [-0.1, -0.05) is 6.58 Å². The molecule has 1 aliphatic heterocycles. The maximum absolute atomic E-state index is 5.05. The third kappa shape index (κ3) is 3.51. The van der Waals surface area contributed by atoms with Crippen LogP contribution in [0.2, 0.25) is 0 Å². The van der Waals surface area contributed by atoms with Gasteiger partial charge in [-0.2, -0.15) is 0 Å². The highest BCUT2D eigenvalue weighted by Gasteiger charge is 2.20. The molecule has 1 atom stereocenters. The van der Waals surface area contributed by atoms with Crippen molar-refractivity contribution in [3.63, 3.8) is 0 Å². The lowest BCUT2D eigenvalue weighted by atomic mass is 10.2. The Morgan fingerprint density at radius 3 is 3.00 bits per heavy atom. The highest BCUT2D eigenvalue weighted by atomic mass is 16.6. The first-order valence-electron chi connectivity index (χ1n) is 3.77. The molecule has 1 saturated heterocycles. The molecule has 0 aromatic heterocycles. The number of rotatable bonds is 6. The van der Waals surface area contributed by atoms with Crippen molar-refractivity contribution in [2.75, 3.05) is 13.2 Å². The summed E-state index contributed by atoms with van der Waals surface area (Å²) in [5.74, 6) is 0. The van der Waals surface area contributed by atoms with E-state index in [1.807, 2.05) is 0 Å². The van der Waals surface area contributed by atoms with E-state index in [1.54, 1.807) is 0 Å². The fourth-order valence-corrected chi connectivity index (χ4v) is 0.875. The molecule has 0 N–H and O–H groups in total. The third-order valence-electron chi connectivity index (χ3n) is 1.56. The average molecular weight is 142 g/mol. The second kappa shape index (κ2) is 4.34. The van der Waals surface area contributed by atoms with Crippen molar-refractivity contribution >= 4 is 0 Å². The molecule has 2 nitrogen and oxygen atoms in total. The van der Waals surface area contributed by atoms with E-state index < -0.39 is 0 Å². The van der Waals surface area contributed by atoms with Crippen LogP contribution in [0, 0.1) is 0 Å². The van der Waals surface area contributed by atoms with E-state index in [9.17, 15) is 0 Å². The quantitative estimate of drug-likeness (QED) is 0.320. The SMILES string of the molecule is C=COCCCCC1CO1. The molecule has 1 aliphatic rings. The Labute approximate surface area is 61.8 Å². The lowest BCUT2D eigenvalue weighted by Crippen LogP contribution is -1.90. The van der Waals surface area contributed by atoms with E-state index in [4.69, 9.17) is 9.47 Å². The summed E-state index contributed by atoms with van der Waals surface area (Å²) in [6, 6.07) is 0. The first-order chi connectivity index (χ1) is 4.93. The fraction of sp³-hybridized carbons (Fsp3) is 0.750. The van der Waals surface area contributed by atoms with Gasteiger partial charge in [0.1, 0.15) is 0 Å². The first kappa shape index (κ1) is 7.61. The molecule has 1 rings (SSSR count). The van der Waals surface area contributed by atoms with E-state index in [-0.39, 0.29) is 0 Å². The largest absolute Gasteiger partial charge is 0.502 e. The maximum Gasteiger partial charge on any atom is 0.0873 e. The summed E-state index contributed by atoms with van der Waals surface area (Å²) >= 11 is 0. The van der Waals surface area contributed by atoms with Gasteiger partial charge >= 0.3 is 0 Å². The monoisotopic (exact) mass is 142 g/mol. The van der Waals surface area contributed by atoms with Crippen LogP contribution in [0.1, 0.15) is 19.3 Å². The highest BCUT2D eigenvalue weighted by Crippen LogP contribution is 2.16. The van der Waals surface area contributed by atoms with E-state index in [1.165, 1.54) is 19.1 Å². The summed E-state index contributed by atoms with van der Waals surface area (Å²) < 4.78 is 10.0. The van der Waals surface area contributed by atoms with Crippen LogP contribution >= 0.6 is 0 Å². The molecule has 0 aromatic rings. The van der Waals surface area contributed by atoms with Crippen molar-refractivity contribution in [3.05, 3.63) is 12.8 Å². The molecule has 0 saturated carbocycles. The van der Waals surface area contributed by atoms with Gasteiger partial charge in [0.15, 0.2) is 0 Å². The Morgan fingerprint density at radius 2 is 2.40 bits per heavy atom. The number of ether oxygens (including phenoxy) is 2. The Morgan fingerprint density at radius 1 is 1.60 bits per heavy atom. The summed E-state index contributed by atoms with van der Waals surface area (Å²) in [4.78, 5) is 0. The summed E-state index contributed by atoms with van der Waals surface area (Å²) in [5.41, 5.74) is 0. The number of epoxide rings is 1. The van der Waals surface area contributed by atoms with Crippen molar-refractivity contribution in [2.45, 2.75) is 25.4 Å². The summed E-state index contributed by atoms with van der Waals surface area (Å²) in [7, 11) is 0. The number of hydrogen-bond donors (Lipinski definition) is 0. The highest BCUT2D eigenvalue weighted by molar-refractivity contribution is 4.68. The second-order valence-corrected chi connectivity index (χ2v) is 2.49. The van der Waals surface area contributed by atoms with Crippen LogP contribution in [-0.4, -0.2) is 19.3 Å². The zero-order chi connectivity index (χ0) is 7.23. The molecule has 0 spiro atoms. The molecular formula is C8H14O2. The van der Waals surface area contributed by atoms with Gasteiger partial charge in [-0.15, -0.1) is 0 Å². The minimum Gasteiger partial charge on any atom is -0.502 e. The Balaban J connectivity index is 1.72. The van der Waals surface area contributed by atoms with Crippen molar-refractivity contribution in [1.29, 1.82) is 0 Å². The topological polar surface area (TPSA) is 21.8 Å². The summed E-state index contributed by atoms with van der Waals surface area (Å²) in [5, 5.41) is 0. The van der Waals surface area contributed by atoms with Crippen LogP contribution in [0.25, 0.3) is 0 Å². The van der Waals surface area contributed by atoms with Gasteiger partial charge in [0.25, 0.3) is 0 Å². The lowest BCUT2D eigenvalue weighted by Gasteiger charge is -1.97. The molecule has 0 aromatic carbocycles. The van der Waals surface area contributed by atoms with Gasteiger partial charge < -0.3 is 9.47 Å². The van der Waals surface area contributed by atoms with Gasteiger partial charge in [0, 0.05) is 0 Å². The molecule has 0 radical (unpaired) electrons. The smallest absolute Gasteiger partial charge is 0.0873 e. The van der Waals surface area contributed by atoms with Crippen LogP contribution < -0.4 is 0 Å². The molecular weight excluding hydrogens is 128 g/mol. The molecule has 1 heterocycles. The van der Waals surface area contributed by atoms with Crippen LogP contribution in [0.15, 0.2) is 12.8 Å². The van der Waals surface area contributed by atoms with Crippen LogP contribution in [0.3, 0.4) is 0 Å². The molecule has 1 fully saturated rings. The Kier molecular flexibility index (Phi) is 3.30. The number of hydrogen-bond acceptors (Lipinski definition) is 2. The lowest BCUT2D eigenvalue weighted by molar-refractivity contribution is 0.240. The van der Waals surface area contributed by atoms with Gasteiger partial charge in [-0.3, -0.25) is 0 Å². The molecule has 0 amide bonds. The summed E-state index contributed by atoms with van der Waals surface area (Å²) in [6.45, 7) is 5.24. The van der Waals surface area contributed by atoms with E-state index in [2.05, 4.69) is 6.58 Å². The van der Waals surface area contributed by atoms with E-state index in [0.717, 1.165) is 19.6 Å². The molecule has 10 heavy (non-hydrogen) atoms. The van der Waals surface area contributed by atoms with E-state index >= 15 is 0 Å². The van der Waals surface area contributed by atoms with Gasteiger partial charge in [-0.25, -0.2) is 0 Å². The van der Waals surface area contributed by atoms with Gasteiger partial charge in [0.05, 0.1) is 25.6 Å². The van der Waals surface area contributed by atoms with Crippen LogP contribution in [0.5, 0.6) is 0 Å². The molecule has 2 heteroatoms. The van der Waals surface area contributed by atoms with Crippen LogP contribution in [0.4, 0.5) is 0 Å². The normalized spacial score (nSPS) is 22.2. The molecule has 1 unspecified atom stereocenters. The van der Waals surface area contributed by atoms with Crippen molar-refractivity contribution in [3.8, 4) is 0 Å². The maximum atomic E-state index is 5.05. The summed E-state index contributed by atoms with van der Waals surface area (Å²) in [6.07, 6.45) is 5.59. The number of unbranched alkanes of at least 4 members (excludes halogenated alkanes) is 1. The predicted octanol–water partition coefficient (Wildman–Crippen LogP) is 1.72. The molecule has 58 valence electrons.